The minimum absolute atomic E-state index is 0.346. The lowest BCUT2D eigenvalue weighted by Crippen LogP contribution is -2.51. The summed E-state index contributed by atoms with van der Waals surface area (Å²) >= 11 is 0. The Morgan fingerprint density at radius 3 is 2.33 bits per heavy atom. The summed E-state index contributed by atoms with van der Waals surface area (Å²) in [4.78, 5) is 2.44. The Balaban J connectivity index is 1.80. The molecular weight excluding hydrogens is 190 g/mol. The molecule has 4 atom stereocenters. The molecule has 2 fully saturated rings. The summed E-state index contributed by atoms with van der Waals surface area (Å²) in [6.45, 7) is 10.3. The molecule has 3 nitrogen and oxygen atoms in total. The highest BCUT2D eigenvalue weighted by molar-refractivity contribution is 4.89. The summed E-state index contributed by atoms with van der Waals surface area (Å²) < 4.78 is 5.83. The van der Waals surface area contributed by atoms with Gasteiger partial charge in [0, 0.05) is 38.1 Å². The van der Waals surface area contributed by atoms with E-state index in [1.165, 1.54) is 0 Å². The van der Waals surface area contributed by atoms with Crippen molar-refractivity contribution in [3.05, 3.63) is 0 Å². The van der Waals surface area contributed by atoms with Gasteiger partial charge in [-0.3, -0.25) is 0 Å². The second-order valence-electron chi connectivity index (χ2n) is 5.34. The number of ether oxygens (including phenoxy) is 1. The van der Waals surface area contributed by atoms with Gasteiger partial charge in [-0.15, -0.1) is 0 Å². The van der Waals surface area contributed by atoms with Crippen molar-refractivity contribution in [2.24, 2.45) is 17.8 Å². The SMILES string of the molecule is CC1OC(C)C(CN2CC(CO)C2)C1C. The van der Waals surface area contributed by atoms with Crippen molar-refractivity contribution >= 4 is 0 Å². The highest BCUT2D eigenvalue weighted by Crippen LogP contribution is 2.33. The average Bonchev–Trinajstić information content (AvgIpc) is 2.36. The van der Waals surface area contributed by atoms with Crippen LogP contribution < -0.4 is 0 Å². The van der Waals surface area contributed by atoms with Crippen molar-refractivity contribution in [1.29, 1.82) is 0 Å². The van der Waals surface area contributed by atoms with Crippen molar-refractivity contribution in [2.45, 2.75) is 33.0 Å². The van der Waals surface area contributed by atoms with Crippen LogP contribution in [-0.2, 0) is 4.74 Å². The minimum atomic E-state index is 0.346. The Bertz CT molecular complexity index is 216. The molecule has 0 aromatic heterocycles. The lowest BCUT2D eigenvalue weighted by atomic mass is 9.87. The predicted molar refractivity (Wildman–Crippen MR) is 59.7 cm³/mol. The Morgan fingerprint density at radius 1 is 1.20 bits per heavy atom. The van der Waals surface area contributed by atoms with E-state index in [-0.39, 0.29) is 0 Å². The number of aliphatic hydroxyl groups is 1. The average molecular weight is 213 g/mol. The standard InChI is InChI=1S/C12H23NO2/c1-8-9(2)15-10(3)12(8)6-13-4-11(5-13)7-14/h8-12,14H,4-7H2,1-3H3. The van der Waals surface area contributed by atoms with Gasteiger partial charge < -0.3 is 14.7 Å². The van der Waals surface area contributed by atoms with E-state index in [9.17, 15) is 0 Å². The second-order valence-corrected chi connectivity index (χ2v) is 5.34. The zero-order chi connectivity index (χ0) is 11.0. The van der Waals surface area contributed by atoms with Crippen LogP contribution in [0.3, 0.4) is 0 Å². The van der Waals surface area contributed by atoms with Crippen molar-refractivity contribution < 1.29 is 9.84 Å². The maximum Gasteiger partial charge on any atom is 0.0594 e. The fourth-order valence-corrected chi connectivity index (χ4v) is 2.89. The maximum absolute atomic E-state index is 8.96. The number of hydrogen-bond acceptors (Lipinski definition) is 3. The van der Waals surface area contributed by atoms with Gasteiger partial charge >= 0.3 is 0 Å². The first-order chi connectivity index (χ1) is 7.11. The molecule has 0 bridgehead atoms. The molecule has 3 heteroatoms. The van der Waals surface area contributed by atoms with Crippen molar-refractivity contribution in [2.75, 3.05) is 26.2 Å². The van der Waals surface area contributed by atoms with E-state index in [0.29, 0.717) is 36.6 Å². The van der Waals surface area contributed by atoms with Gasteiger partial charge in [-0.05, 0) is 19.8 Å². The lowest BCUT2D eigenvalue weighted by molar-refractivity contribution is 0.0192. The molecule has 0 spiro atoms. The van der Waals surface area contributed by atoms with Gasteiger partial charge in [0.2, 0.25) is 0 Å². The fourth-order valence-electron chi connectivity index (χ4n) is 2.89. The Kier molecular flexibility index (Phi) is 3.33. The van der Waals surface area contributed by atoms with E-state index in [1.54, 1.807) is 0 Å². The number of hydrogen-bond donors (Lipinski definition) is 1. The molecule has 0 aromatic carbocycles. The third-order valence-electron chi connectivity index (χ3n) is 4.21. The summed E-state index contributed by atoms with van der Waals surface area (Å²) in [5.41, 5.74) is 0. The molecule has 1 N–H and O–H groups in total. The third-order valence-corrected chi connectivity index (χ3v) is 4.21. The number of nitrogens with zero attached hydrogens (tertiary/aromatic N) is 1. The molecule has 0 aromatic rings. The Labute approximate surface area is 92.4 Å². The van der Waals surface area contributed by atoms with E-state index < -0.39 is 0 Å². The first-order valence-electron chi connectivity index (χ1n) is 6.10. The van der Waals surface area contributed by atoms with Crippen molar-refractivity contribution in [3.8, 4) is 0 Å². The quantitative estimate of drug-likeness (QED) is 0.758. The zero-order valence-corrected chi connectivity index (χ0v) is 10.0. The first kappa shape index (κ1) is 11.4. The smallest absolute Gasteiger partial charge is 0.0594 e. The molecule has 0 aliphatic carbocycles. The van der Waals surface area contributed by atoms with E-state index in [0.717, 1.165) is 19.6 Å². The van der Waals surface area contributed by atoms with Gasteiger partial charge in [0.05, 0.1) is 12.2 Å². The maximum atomic E-state index is 8.96. The lowest BCUT2D eigenvalue weighted by Gasteiger charge is -2.40. The van der Waals surface area contributed by atoms with E-state index in [4.69, 9.17) is 9.84 Å². The summed E-state index contributed by atoms with van der Waals surface area (Å²) in [5.74, 6) is 1.85. The van der Waals surface area contributed by atoms with Gasteiger partial charge in [-0.2, -0.15) is 0 Å². The monoisotopic (exact) mass is 213 g/mol. The van der Waals surface area contributed by atoms with Crippen LogP contribution in [-0.4, -0.2) is 48.5 Å². The number of likely N-dealkylation sites (tertiary alicyclic amines) is 1. The van der Waals surface area contributed by atoms with Gasteiger partial charge in [-0.25, -0.2) is 0 Å². The van der Waals surface area contributed by atoms with Gasteiger partial charge in [0.15, 0.2) is 0 Å². The summed E-state index contributed by atoms with van der Waals surface area (Å²) in [6.07, 6.45) is 0.795. The van der Waals surface area contributed by atoms with Crippen LogP contribution in [0.15, 0.2) is 0 Å². The van der Waals surface area contributed by atoms with Crippen LogP contribution in [0.25, 0.3) is 0 Å². The van der Waals surface area contributed by atoms with Crippen LogP contribution in [0, 0.1) is 17.8 Å². The van der Waals surface area contributed by atoms with Gasteiger partial charge in [0.25, 0.3) is 0 Å². The molecule has 15 heavy (non-hydrogen) atoms. The molecule has 2 rings (SSSR count). The molecule has 2 heterocycles. The van der Waals surface area contributed by atoms with Crippen LogP contribution in [0.5, 0.6) is 0 Å². The fraction of sp³-hybridized carbons (Fsp3) is 1.00. The predicted octanol–water partition coefficient (Wildman–Crippen LogP) is 0.970. The summed E-state index contributed by atoms with van der Waals surface area (Å²) in [5, 5.41) is 8.96. The summed E-state index contributed by atoms with van der Waals surface area (Å²) in [7, 11) is 0. The number of aliphatic hydroxyl groups excluding tert-OH is 1. The van der Waals surface area contributed by atoms with Crippen molar-refractivity contribution in [1.82, 2.24) is 4.90 Å². The largest absolute Gasteiger partial charge is 0.396 e. The molecular formula is C12H23NO2. The molecule has 2 saturated heterocycles. The Morgan fingerprint density at radius 2 is 1.87 bits per heavy atom. The molecule has 0 radical (unpaired) electrons. The molecule has 2 aliphatic heterocycles. The first-order valence-corrected chi connectivity index (χ1v) is 6.10. The Hall–Kier alpha value is -0.120. The summed E-state index contributed by atoms with van der Waals surface area (Å²) in [6, 6.07) is 0. The van der Waals surface area contributed by atoms with E-state index in [2.05, 4.69) is 25.7 Å². The molecule has 0 amide bonds. The molecule has 4 unspecified atom stereocenters. The van der Waals surface area contributed by atoms with E-state index >= 15 is 0 Å². The van der Waals surface area contributed by atoms with Gasteiger partial charge in [-0.1, -0.05) is 6.92 Å². The number of rotatable bonds is 3. The highest BCUT2D eigenvalue weighted by atomic mass is 16.5. The van der Waals surface area contributed by atoms with E-state index in [1.807, 2.05) is 0 Å². The second kappa shape index (κ2) is 4.40. The molecule has 0 saturated carbocycles. The minimum Gasteiger partial charge on any atom is -0.396 e. The molecule has 88 valence electrons. The van der Waals surface area contributed by atoms with Crippen LogP contribution >= 0.6 is 0 Å². The van der Waals surface area contributed by atoms with Crippen molar-refractivity contribution in [3.63, 3.8) is 0 Å². The topological polar surface area (TPSA) is 32.7 Å². The molecule has 2 aliphatic rings. The highest BCUT2D eigenvalue weighted by Gasteiger charge is 2.39. The van der Waals surface area contributed by atoms with Crippen LogP contribution in [0.4, 0.5) is 0 Å². The van der Waals surface area contributed by atoms with Crippen LogP contribution in [0.2, 0.25) is 0 Å². The third kappa shape index (κ3) is 2.19. The van der Waals surface area contributed by atoms with Gasteiger partial charge in [0.1, 0.15) is 0 Å². The zero-order valence-electron chi connectivity index (χ0n) is 10.0. The van der Waals surface area contributed by atoms with Crippen LogP contribution in [0.1, 0.15) is 20.8 Å². The normalized spacial score (nSPS) is 43.2.